The van der Waals surface area contributed by atoms with Crippen LogP contribution in [0, 0.1) is 11.3 Å². The van der Waals surface area contributed by atoms with Gasteiger partial charge in [-0.25, -0.2) is 0 Å². The standard InChI is InChI=1S/C19H16ClN3O3/c1-24-16-8-5-13(9-17(16)25-2)18-23-15(10-21)19(26-18)22-11-12-3-6-14(20)7-4-12/h3-9,22H,11H2,1-2H3. The first kappa shape index (κ1) is 17.6. The summed E-state index contributed by atoms with van der Waals surface area (Å²) in [6, 6.07) is 14.7. The minimum absolute atomic E-state index is 0.184. The van der Waals surface area contributed by atoms with Crippen LogP contribution in [0.2, 0.25) is 5.02 Å². The molecule has 3 aromatic rings. The molecule has 3 rings (SSSR count). The van der Waals surface area contributed by atoms with Crippen molar-refractivity contribution in [2.45, 2.75) is 6.54 Å². The fourth-order valence-corrected chi connectivity index (χ4v) is 2.52. The number of nitriles is 1. The van der Waals surface area contributed by atoms with Gasteiger partial charge in [-0.15, -0.1) is 0 Å². The molecule has 0 aliphatic carbocycles. The maximum absolute atomic E-state index is 9.32. The van der Waals surface area contributed by atoms with Gasteiger partial charge in [0.2, 0.25) is 17.5 Å². The van der Waals surface area contributed by atoms with Gasteiger partial charge in [0.15, 0.2) is 11.5 Å². The van der Waals surface area contributed by atoms with Crippen LogP contribution in [0.1, 0.15) is 11.3 Å². The van der Waals surface area contributed by atoms with Crippen molar-refractivity contribution in [3.63, 3.8) is 0 Å². The van der Waals surface area contributed by atoms with Gasteiger partial charge in [0, 0.05) is 17.1 Å². The number of hydrogen-bond acceptors (Lipinski definition) is 6. The number of ether oxygens (including phenoxy) is 2. The van der Waals surface area contributed by atoms with Crippen LogP contribution in [0.25, 0.3) is 11.5 Å². The summed E-state index contributed by atoms with van der Waals surface area (Å²) in [4.78, 5) is 4.25. The maximum atomic E-state index is 9.32. The van der Waals surface area contributed by atoms with Crippen LogP contribution in [-0.4, -0.2) is 19.2 Å². The third-order valence-electron chi connectivity index (χ3n) is 3.73. The quantitative estimate of drug-likeness (QED) is 0.689. The molecule has 6 nitrogen and oxygen atoms in total. The number of anilines is 1. The van der Waals surface area contributed by atoms with Crippen molar-refractivity contribution >= 4 is 17.5 Å². The van der Waals surface area contributed by atoms with Gasteiger partial charge in [0.1, 0.15) is 6.07 Å². The highest BCUT2D eigenvalue weighted by Gasteiger charge is 2.16. The fourth-order valence-electron chi connectivity index (χ4n) is 2.39. The summed E-state index contributed by atoms with van der Waals surface area (Å²) < 4.78 is 16.3. The number of rotatable bonds is 6. The molecule has 0 atom stereocenters. The molecule has 0 saturated heterocycles. The lowest BCUT2D eigenvalue weighted by molar-refractivity contribution is 0.355. The zero-order valence-corrected chi connectivity index (χ0v) is 15.0. The van der Waals surface area contributed by atoms with Crippen molar-refractivity contribution in [3.05, 3.63) is 58.7 Å². The molecule has 0 radical (unpaired) electrons. The van der Waals surface area contributed by atoms with E-state index in [1.165, 1.54) is 0 Å². The fraction of sp³-hybridized carbons (Fsp3) is 0.158. The highest BCUT2D eigenvalue weighted by molar-refractivity contribution is 6.30. The Morgan fingerprint density at radius 3 is 2.50 bits per heavy atom. The molecule has 0 aliphatic rings. The molecule has 0 fully saturated rings. The van der Waals surface area contributed by atoms with E-state index in [0.717, 1.165) is 5.56 Å². The minimum atomic E-state index is 0.184. The molecule has 7 heteroatoms. The van der Waals surface area contributed by atoms with E-state index < -0.39 is 0 Å². The Hall–Kier alpha value is -3.17. The van der Waals surface area contributed by atoms with Gasteiger partial charge in [-0.05, 0) is 35.9 Å². The largest absolute Gasteiger partial charge is 0.493 e. The monoisotopic (exact) mass is 369 g/mol. The topological polar surface area (TPSA) is 80.3 Å². The van der Waals surface area contributed by atoms with Gasteiger partial charge >= 0.3 is 0 Å². The van der Waals surface area contributed by atoms with Gasteiger partial charge in [0.05, 0.1) is 14.2 Å². The van der Waals surface area contributed by atoms with Crippen LogP contribution in [0.15, 0.2) is 46.9 Å². The van der Waals surface area contributed by atoms with Crippen molar-refractivity contribution in [1.82, 2.24) is 4.98 Å². The second-order valence-corrected chi connectivity index (χ2v) is 5.79. The van der Waals surface area contributed by atoms with Gasteiger partial charge < -0.3 is 19.2 Å². The highest BCUT2D eigenvalue weighted by atomic mass is 35.5. The lowest BCUT2D eigenvalue weighted by atomic mass is 10.2. The zero-order chi connectivity index (χ0) is 18.5. The van der Waals surface area contributed by atoms with Gasteiger partial charge in [-0.3, -0.25) is 0 Å². The molecule has 1 N–H and O–H groups in total. The summed E-state index contributed by atoms with van der Waals surface area (Å²) in [5.74, 6) is 1.79. The van der Waals surface area contributed by atoms with E-state index in [1.54, 1.807) is 44.6 Å². The van der Waals surface area contributed by atoms with Crippen LogP contribution in [-0.2, 0) is 6.54 Å². The van der Waals surface area contributed by atoms with Crippen molar-refractivity contribution in [2.75, 3.05) is 19.5 Å². The first-order valence-corrected chi connectivity index (χ1v) is 8.14. The number of hydrogen-bond donors (Lipinski definition) is 1. The number of benzene rings is 2. The summed E-state index contributed by atoms with van der Waals surface area (Å²) >= 11 is 5.88. The minimum Gasteiger partial charge on any atom is -0.493 e. The van der Waals surface area contributed by atoms with Crippen molar-refractivity contribution < 1.29 is 13.9 Å². The maximum Gasteiger partial charge on any atom is 0.232 e. The Balaban J connectivity index is 1.84. The second kappa shape index (κ2) is 7.81. The van der Waals surface area contributed by atoms with E-state index in [0.29, 0.717) is 40.4 Å². The molecule has 0 aliphatic heterocycles. The molecular formula is C19H16ClN3O3. The van der Waals surface area contributed by atoms with Crippen LogP contribution in [0.5, 0.6) is 11.5 Å². The average Bonchev–Trinajstić information content (AvgIpc) is 3.10. The Morgan fingerprint density at radius 1 is 1.12 bits per heavy atom. The summed E-state index contributed by atoms with van der Waals surface area (Å²) in [6.45, 7) is 0.479. The molecular weight excluding hydrogens is 354 g/mol. The van der Waals surface area contributed by atoms with Crippen molar-refractivity contribution in [3.8, 4) is 29.0 Å². The Morgan fingerprint density at radius 2 is 1.85 bits per heavy atom. The van der Waals surface area contributed by atoms with E-state index in [1.807, 2.05) is 18.2 Å². The molecule has 0 saturated carbocycles. The van der Waals surface area contributed by atoms with Crippen LogP contribution in [0.3, 0.4) is 0 Å². The van der Waals surface area contributed by atoms with E-state index in [9.17, 15) is 5.26 Å². The molecule has 1 aromatic heterocycles. The molecule has 0 unspecified atom stereocenters. The van der Waals surface area contributed by atoms with E-state index in [-0.39, 0.29) is 5.69 Å². The normalized spacial score (nSPS) is 10.2. The van der Waals surface area contributed by atoms with Crippen molar-refractivity contribution in [1.29, 1.82) is 5.26 Å². The molecule has 0 bridgehead atoms. The van der Waals surface area contributed by atoms with E-state index in [4.69, 9.17) is 25.5 Å². The summed E-state index contributed by atoms with van der Waals surface area (Å²) in [5.41, 5.74) is 1.87. The SMILES string of the molecule is COc1ccc(-c2nc(C#N)c(NCc3ccc(Cl)cc3)o2)cc1OC. The summed E-state index contributed by atoms with van der Waals surface area (Å²) in [5, 5.41) is 13.1. The average molecular weight is 370 g/mol. The third-order valence-corrected chi connectivity index (χ3v) is 3.98. The number of nitrogens with one attached hydrogen (secondary N) is 1. The van der Waals surface area contributed by atoms with Gasteiger partial charge in [0.25, 0.3) is 0 Å². The molecule has 132 valence electrons. The first-order valence-electron chi connectivity index (χ1n) is 7.76. The predicted molar refractivity (Wildman–Crippen MR) is 98.5 cm³/mol. The van der Waals surface area contributed by atoms with Gasteiger partial charge in [-0.2, -0.15) is 10.2 Å². The summed E-state index contributed by atoms with van der Waals surface area (Å²) in [7, 11) is 3.12. The molecule has 0 spiro atoms. The lowest BCUT2D eigenvalue weighted by Crippen LogP contribution is -1.99. The highest BCUT2D eigenvalue weighted by Crippen LogP contribution is 2.33. The summed E-state index contributed by atoms with van der Waals surface area (Å²) in [6.07, 6.45) is 0. The Bertz CT molecular complexity index is 946. The molecule has 1 heterocycles. The molecule has 2 aromatic carbocycles. The van der Waals surface area contributed by atoms with Crippen LogP contribution in [0.4, 0.5) is 5.88 Å². The number of methoxy groups -OCH3 is 2. The Labute approximate surface area is 155 Å². The number of oxazole rings is 1. The van der Waals surface area contributed by atoms with E-state index in [2.05, 4.69) is 10.3 Å². The molecule has 0 amide bonds. The van der Waals surface area contributed by atoms with Crippen LogP contribution < -0.4 is 14.8 Å². The number of aromatic nitrogens is 1. The second-order valence-electron chi connectivity index (χ2n) is 5.36. The van der Waals surface area contributed by atoms with E-state index >= 15 is 0 Å². The first-order chi connectivity index (χ1) is 12.6. The Kier molecular flexibility index (Phi) is 5.30. The lowest BCUT2D eigenvalue weighted by Gasteiger charge is -2.07. The smallest absolute Gasteiger partial charge is 0.232 e. The van der Waals surface area contributed by atoms with Gasteiger partial charge in [-0.1, -0.05) is 23.7 Å². The third kappa shape index (κ3) is 3.73. The van der Waals surface area contributed by atoms with Crippen molar-refractivity contribution in [2.24, 2.45) is 0 Å². The predicted octanol–water partition coefficient (Wildman–Crippen LogP) is 4.50. The number of nitrogens with zero attached hydrogens (tertiary/aromatic N) is 2. The zero-order valence-electron chi connectivity index (χ0n) is 14.2. The van der Waals surface area contributed by atoms with Crippen LogP contribution >= 0.6 is 11.6 Å². The number of halogens is 1. The molecule has 26 heavy (non-hydrogen) atoms.